The van der Waals surface area contributed by atoms with Crippen molar-refractivity contribution in [2.75, 3.05) is 0 Å². The lowest BCUT2D eigenvalue weighted by Crippen LogP contribution is -2.14. The number of halogens is 4. The average molecular weight is 585 g/mol. The second-order valence-electron chi connectivity index (χ2n) is 7.93. The monoisotopic (exact) mass is 584 g/mol. The lowest BCUT2D eigenvalue weighted by molar-refractivity contribution is -0.137. The Labute approximate surface area is 222 Å². The van der Waals surface area contributed by atoms with E-state index in [2.05, 4.69) is 0 Å². The van der Waals surface area contributed by atoms with Gasteiger partial charge in [-0.05, 0) is 58.1 Å². The summed E-state index contributed by atoms with van der Waals surface area (Å²) in [5.74, 6) is -0.476. The summed E-state index contributed by atoms with van der Waals surface area (Å²) in [6, 6.07) is 18.4. The van der Waals surface area contributed by atoms with Crippen molar-refractivity contribution in [3.8, 4) is 0 Å². The highest BCUT2D eigenvalue weighted by Crippen LogP contribution is 2.34. The maximum atomic E-state index is 12.9. The highest BCUT2D eigenvalue weighted by atomic mass is 32.2. The summed E-state index contributed by atoms with van der Waals surface area (Å²) in [6.45, 7) is 0. The number of hydrogen-bond donors (Lipinski definition) is 2. The Morgan fingerprint density at radius 3 is 1.97 bits per heavy atom. The maximum absolute atomic E-state index is 12.9. The molecular formula is C25H20F4N2O4S3. The Morgan fingerprint density at radius 1 is 0.842 bits per heavy atom. The Morgan fingerprint density at radius 2 is 1.47 bits per heavy atom. The molecule has 0 radical (unpaired) electrons. The summed E-state index contributed by atoms with van der Waals surface area (Å²) < 4.78 is 95.2. The van der Waals surface area contributed by atoms with E-state index in [4.69, 9.17) is 17.4 Å². The summed E-state index contributed by atoms with van der Waals surface area (Å²) >= 11 is 5.36. The number of rotatable bonds is 5. The summed E-state index contributed by atoms with van der Waals surface area (Å²) in [6.07, 6.45) is 0.614. The topological polar surface area (TPSA) is 106 Å². The van der Waals surface area contributed by atoms with Gasteiger partial charge in [0.05, 0.1) is 15.4 Å². The second kappa shape index (κ2) is 11.7. The first-order valence-electron chi connectivity index (χ1n) is 10.6. The first kappa shape index (κ1) is 29.3. The van der Waals surface area contributed by atoms with Crippen molar-refractivity contribution in [2.24, 2.45) is 5.14 Å². The minimum Gasteiger partial charge on any atom is -0.225 e. The van der Waals surface area contributed by atoms with Gasteiger partial charge in [0.1, 0.15) is 0 Å². The molecule has 3 aromatic carbocycles. The first-order chi connectivity index (χ1) is 17.7. The molecule has 13 heteroatoms. The zero-order valence-electron chi connectivity index (χ0n) is 19.3. The minimum atomic E-state index is -4.44. The van der Waals surface area contributed by atoms with Crippen LogP contribution in [0.15, 0.2) is 107 Å². The van der Waals surface area contributed by atoms with Gasteiger partial charge in [0.25, 0.3) is 10.0 Å². The predicted octanol–water partition coefficient (Wildman–Crippen LogP) is 5.31. The molecule has 0 spiro atoms. The third kappa shape index (κ3) is 7.42. The van der Waals surface area contributed by atoms with Crippen molar-refractivity contribution in [3.63, 3.8) is 0 Å². The van der Waals surface area contributed by atoms with E-state index in [1.54, 1.807) is 42.5 Å². The van der Waals surface area contributed by atoms with E-state index >= 15 is 0 Å². The van der Waals surface area contributed by atoms with E-state index in [1.165, 1.54) is 42.5 Å². The van der Waals surface area contributed by atoms with Crippen molar-refractivity contribution in [1.29, 1.82) is 0 Å². The fourth-order valence-electron chi connectivity index (χ4n) is 3.43. The Kier molecular flexibility index (Phi) is 9.00. The fourth-order valence-corrected chi connectivity index (χ4v) is 4.89. The zero-order chi connectivity index (χ0) is 28.1. The number of primary sulfonamides is 1. The lowest BCUT2D eigenvalue weighted by Gasteiger charge is -2.19. The van der Waals surface area contributed by atoms with Gasteiger partial charge in [-0.3, -0.25) is 0 Å². The van der Waals surface area contributed by atoms with Crippen LogP contribution in [0.2, 0.25) is 0 Å². The van der Waals surface area contributed by atoms with Crippen LogP contribution in [0.1, 0.15) is 22.6 Å². The molecule has 4 rings (SSSR count). The summed E-state index contributed by atoms with van der Waals surface area (Å²) in [7, 11) is -7.69. The van der Waals surface area contributed by atoms with Gasteiger partial charge in [-0.25, -0.2) is 22.0 Å². The average Bonchev–Trinajstić information content (AvgIpc) is 2.89. The number of nitrogens with one attached hydrogen (secondary N) is 1. The molecule has 0 amide bonds. The third-order valence-electron chi connectivity index (χ3n) is 5.32. The molecule has 0 saturated carbocycles. The highest BCUT2D eigenvalue weighted by molar-refractivity contribution is 7.89. The van der Waals surface area contributed by atoms with Crippen LogP contribution in [-0.2, 0) is 26.2 Å². The maximum Gasteiger partial charge on any atom is 0.416 e. The quantitative estimate of drug-likeness (QED) is 0.240. The lowest BCUT2D eigenvalue weighted by atomic mass is 9.87. The molecule has 1 atom stereocenters. The fraction of sp³-hybridized carbons (Fsp3) is 0.0800. The van der Waals surface area contributed by atoms with Gasteiger partial charge in [0.2, 0.25) is 10.0 Å². The molecular weight excluding hydrogens is 564 g/mol. The zero-order valence-corrected chi connectivity index (χ0v) is 21.7. The molecule has 38 heavy (non-hydrogen) atoms. The highest BCUT2D eigenvalue weighted by Gasteiger charge is 2.31. The van der Waals surface area contributed by atoms with Gasteiger partial charge < -0.3 is 0 Å². The smallest absolute Gasteiger partial charge is 0.225 e. The molecule has 0 heterocycles. The minimum absolute atomic E-state index is 0.148. The van der Waals surface area contributed by atoms with Crippen LogP contribution >= 0.6 is 12.2 Å². The Balaban J connectivity index is 0.000000336. The van der Waals surface area contributed by atoms with Crippen LogP contribution in [0.5, 0.6) is 0 Å². The van der Waals surface area contributed by atoms with Crippen LogP contribution in [-0.4, -0.2) is 21.7 Å². The number of allylic oxidation sites excluding steroid dienone is 4. The molecule has 0 fully saturated rings. The molecule has 1 aliphatic carbocycles. The summed E-state index contributed by atoms with van der Waals surface area (Å²) in [4.78, 5) is 1.09. The van der Waals surface area contributed by atoms with Gasteiger partial charge in [-0.2, -0.15) is 13.2 Å². The van der Waals surface area contributed by atoms with Crippen molar-refractivity contribution in [1.82, 2.24) is 4.94 Å². The number of nitrogens with two attached hydrogens (primary N) is 1. The van der Waals surface area contributed by atoms with Gasteiger partial charge in [0.15, 0.2) is 0 Å². The SMILES string of the molecule is NS(=O)(=O)c1ccccc1.O=S(=O)(NF)c1ccc(C2=CC(=S)C(c3cccc(C(F)(F)F)c3)C=C2)cc1. The van der Waals surface area contributed by atoms with E-state index in [0.29, 0.717) is 21.6 Å². The number of hydrogen-bond acceptors (Lipinski definition) is 5. The van der Waals surface area contributed by atoms with Crippen LogP contribution in [0.25, 0.3) is 5.57 Å². The predicted molar refractivity (Wildman–Crippen MR) is 140 cm³/mol. The standard InChI is InChI=1S/C19H13F4NO2S2.C6H7NO2S/c20-19(21,22)15-3-1-2-14(10-15)17-9-6-13(11-18(17)27)12-4-7-16(8-5-12)28(25,26)24-23;7-10(8,9)6-4-2-1-3-5-6/h1-11,17,24H;1-5H,(H2,7,8,9). The van der Waals surface area contributed by atoms with Gasteiger partial charge in [-0.1, -0.05) is 72.9 Å². The molecule has 0 bridgehead atoms. The third-order valence-corrected chi connectivity index (χ3v) is 7.71. The van der Waals surface area contributed by atoms with Crippen molar-refractivity contribution < 1.29 is 34.5 Å². The molecule has 6 nitrogen and oxygen atoms in total. The van der Waals surface area contributed by atoms with Crippen LogP contribution in [0.4, 0.5) is 17.7 Å². The number of sulfonamides is 2. The molecule has 1 aliphatic rings. The molecule has 3 aromatic rings. The Bertz CT molecular complexity index is 1590. The second-order valence-corrected chi connectivity index (χ2v) is 11.6. The summed E-state index contributed by atoms with van der Waals surface area (Å²) in [5.41, 5.74) is 1.00. The molecule has 200 valence electrons. The largest absolute Gasteiger partial charge is 0.416 e. The molecule has 0 aromatic heterocycles. The summed E-state index contributed by atoms with van der Waals surface area (Å²) in [5, 5.41) is 4.83. The normalized spacial score (nSPS) is 15.9. The van der Waals surface area contributed by atoms with Crippen molar-refractivity contribution in [3.05, 3.63) is 114 Å². The molecule has 3 N–H and O–H groups in total. The number of thiocarbonyl (C=S) groups is 1. The number of alkyl halides is 3. The van der Waals surface area contributed by atoms with Crippen LogP contribution in [0, 0.1) is 0 Å². The van der Waals surface area contributed by atoms with Crippen LogP contribution < -0.4 is 10.1 Å². The van der Waals surface area contributed by atoms with Crippen molar-refractivity contribution in [2.45, 2.75) is 21.9 Å². The number of benzene rings is 3. The molecule has 1 unspecified atom stereocenters. The van der Waals surface area contributed by atoms with Crippen LogP contribution in [0.3, 0.4) is 0 Å². The van der Waals surface area contributed by atoms with Gasteiger partial charge in [-0.15, -0.1) is 4.48 Å². The van der Waals surface area contributed by atoms with Crippen molar-refractivity contribution >= 4 is 42.7 Å². The van der Waals surface area contributed by atoms with Gasteiger partial charge in [0, 0.05) is 10.8 Å². The molecule has 0 aliphatic heterocycles. The molecule has 0 saturated heterocycles. The van der Waals surface area contributed by atoms with E-state index in [1.807, 2.05) is 0 Å². The van der Waals surface area contributed by atoms with E-state index in [9.17, 15) is 34.5 Å². The van der Waals surface area contributed by atoms with E-state index in [-0.39, 0.29) is 9.79 Å². The van der Waals surface area contributed by atoms with Gasteiger partial charge >= 0.3 is 6.18 Å². The first-order valence-corrected chi connectivity index (χ1v) is 14.1. The Hall–Kier alpha value is -3.23. The van der Waals surface area contributed by atoms with E-state index < -0.39 is 37.7 Å². The van der Waals surface area contributed by atoms with E-state index in [0.717, 1.165) is 17.1 Å².